The zero-order chi connectivity index (χ0) is 15.4. The molecule has 112 valence electrons. The van der Waals surface area contributed by atoms with Gasteiger partial charge in [0.05, 0.1) is 19.9 Å². The Hall–Kier alpha value is -1.74. The molecular weight excluding hydrogens is 286 g/mol. The van der Waals surface area contributed by atoms with Crippen molar-refractivity contribution < 1.29 is 9.47 Å². The smallest absolute Gasteiger partial charge is 0.126 e. The molecule has 0 amide bonds. The van der Waals surface area contributed by atoms with Gasteiger partial charge in [-0.2, -0.15) is 0 Å². The average Bonchev–Trinajstić information content (AvgIpc) is 2.53. The molecule has 0 saturated carbocycles. The first-order valence-corrected chi connectivity index (χ1v) is 7.41. The second kappa shape index (κ2) is 6.81. The third kappa shape index (κ3) is 3.30. The van der Waals surface area contributed by atoms with Crippen LogP contribution in [0.3, 0.4) is 0 Å². The lowest BCUT2D eigenvalue weighted by atomic mass is 9.97. The second-order valence-corrected chi connectivity index (χ2v) is 5.40. The van der Waals surface area contributed by atoms with E-state index in [-0.39, 0.29) is 0 Å². The Labute approximate surface area is 130 Å². The average molecular weight is 306 g/mol. The Morgan fingerprint density at radius 1 is 1.10 bits per heavy atom. The quantitative estimate of drug-likeness (QED) is 0.755. The number of benzene rings is 1. The minimum atomic E-state index is 0.311. The van der Waals surface area contributed by atoms with E-state index in [4.69, 9.17) is 21.1 Å². The minimum absolute atomic E-state index is 0.311. The summed E-state index contributed by atoms with van der Waals surface area (Å²) in [4.78, 5) is 4.41. The molecule has 0 radical (unpaired) electrons. The summed E-state index contributed by atoms with van der Waals surface area (Å²) >= 11 is 5.89. The Balaban J connectivity index is 2.59. The second-order valence-electron chi connectivity index (χ2n) is 5.13. The van der Waals surface area contributed by atoms with E-state index in [9.17, 15) is 0 Å². The first-order valence-electron chi connectivity index (χ1n) is 6.87. The number of ether oxygens (including phenoxy) is 2. The molecule has 0 bridgehead atoms. The third-order valence-electron chi connectivity index (χ3n) is 3.40. The molecule has 0 atom stereocenters. The van der Waals surface area contributed by atoms with E-state index in [0.29, 0.717) is 11.8 Å². The topological polar surface area (TPSA) is 31.4 Å². The Morgan fingerprint density at radius 2 is 1.71 bits per heavy atom. The van der Waals surface area contributed by atoms with Crippen LogP contribution in [0.4, 0.5) is 0 Å². The minimum Gasteiger partial charge on any atom is -0.496 e. The summed E-state index contributed by atoms with van der Waals surface area (Å²) in [5, 5.41) is 0. The predicted octanol–water partition coefficient (Wildman–Crippen LogP) is 4.63. The van der Waals surface area contributed by atoms with Crippen molar-refractivity contribution in [1.29, 1.82) is 0 Å². The molecule has 0 aliphatic rings. The Kier molecular flexibility index (Phi) is 5.07. The largest absolute Gasteiger partial charge is 0.496 e. The molecule has 4 heteroatoms. The van der Waals surface area contributed by atoms with Crippen LogP contribution in [0.25, 0.3) is 11.3 Å². The number of halogens is 1. The van der Waals surface area contributed by atoms with E-state index >= 15 is 0 Å². The first-order chi connectivity index (χ1) is 10.1. The zero-order valence-electron chi connectivity index (χ0n) is 12.8. The molecule has 0 aliphatic carbocycles. The molecular formula is C17H20ClNO2. The molecule has 0 spiro atoms. The van der Waals surface area contributed by atoms with Gasteiger partial charge in [0.15, 0.2) is 0 Å². The standard InChI is InChI=1S/C17H20ClNO2/c1-11(2)17-15(20-3)8-13(9-16(17)21-4)14-7-12(10-18)5-6-19-14/h5-9,11H,10H2,1-4H3. The first kappa shape index (κ1) is 15.6. The summed E-state index contributed by atoms with van der Waals surface area (Å²) in [5.74, 6) is 2.41. The fourth-order valence-corrected chi connectivity index (χ4v) is 2.54. The lowest BCUT2D eigenvalue weighted by molar-refractivity contribution is 0.382. The van der Waals surface area contributed by atoms with Gasteiger partial charge in [-0.15, -0.1) is 11.6 Å². The molecule has 2 aromatic rings. The van der Waals surface area contributed by atoms with Crippen LogP contribution < -0.4 is 9.47 Å². The van der Waals surface area contributed by atoms with E-state index in [2.05, 4.69) is 18.8 Å². The van der Waals surface area contributed by atoms with Crippen molar-refractivity contribution >= 4 is 11.6 Å². The molecule has 0 saturated heterocycles. The lowest BCUT2D eigenvalue weighted by Crippen LogP contribution is -2.00. The summed E-state index contributed by atoms with van der Waals surface area (Å²) in [6.07, 6.45) is 1.77. The molecule has 1 heterocycles. The van der Waals surface area contributed by atoms with Gasteiger partial charge in [-0.25, -0.2) is 0 Å². The number of rotatable bonds is 5. The van der Waals surface area contributed by atoms with Crippen molar-refractivity contribution in [2.24, 2.45) is 0 Å². The van der Waals surface area contributed by atoms with Gasteiger partial charge in [-0.3, -0.25) is 4.98 Å². The highest BCUT2D eigenvalue weighted by Crippen LogP contribution is 2.39. The third-order valence-corrected chi connectivity index (χ3v) is 3.70. The highest BCUT2D eigenvalue weighted by molar-refractivity contribution is 6.17. The monoisotopic (exact) mass is 305 g/mol. The summed E-state index contributed by atoms with van der Waals surface area (Å²) in [6.45, 7) is 4.23. The number of hydrogen-bond donors (Lipinski definition) is 0. The van der Waals surface area contributed by atoms with Gasteiger partial charge in [0, 0.05) is 23.2 Å². The van der Waals surface area contributed by atoms with Crippen LogP contribution in [0.2, 0.25) is 0 Å². The van der Waals surface area contributed by atoms with Gasteiger partial charge in [-0.05, 0) is 35.7 Å². The van der Waals surface area contributed by atoms with Gasteiger partial charge in [0.1, 0.15) is 11.5 Å². The van der Waals surface area contributed by atoms with Crippen LogP contribution in [0, 0.1) is 0 Å². The van der Waals surface area contributed by atoms with Crippen LogP contribution in [0.5, 0.6) is 11.5 Å². The van der Waals surface area contributed by atoms with Crippen molar-refractivity contribution in [2.75, 3.05) is 14.2 Å². The fraction of sp³-hybridized carbons (Fsp3) is 0.353. The van der Waals surface area contributed by atoms with E-state index in [1.54, 1.807) is 20.4 Å². The maximum absolute atomic E-state index is 5.89. The van der Waals surface area contributed by atoms with Crippen molar-refractivity contribution in [3.05, 3.63) is 41.6 Å². The van der Waals surface area contributed by atoms with Gasteiger partial charge in [-0.1, -0.05) is 13.8 Å². The molecule has 0 aliphatic heterocycles. The summed E-state index contributed by atoms with van der Waals surface area (Å²) in [5.41, 5.74) is 3.92. The maximum Gasteiger partial charge on any atom is 0.126 e. The van der Waals surface area contributed by atoms with Gasteiger partial charge >= 0.3 is 0 Å². The van der Waals surface area contributed by atoms with Crippen molar-refractivity contribution in [1.82, 2.24) is 4.98 Å². The van der Waals surface area contributed by atoms with Crippen LogP contribution in [0.15, 0.2) is 30.5 Å². The molecule has 3 nitrogen and oxygen atoms in total. The summed E-state index contributed by atoms with van der Waals surface area (Å²) in [7, 11) is 3.35. The SMILES string of the molecule is COc1cc(-c2cc(CCl)ccn2)cc(OC)c1C(C)C. The van der Waals surface area contributed by atoms with Crippen molar-refractivity contribution in [3.8, 4) is 22.8 Å². The zero-order valence-corrected chi connectivity index (χ0v) is 13.6. The van der Waals surface area contributed by atoms with E-state index in [1.165, 1.54) is 0 Å². The summed E-state index contributed by atoms with van der Waals surface area (Å²) in [6, 6.07) is 7.89. The maximum atomic E-state index is 5.89. The molecule has 0 unspecified atom stereocenters. The van der Waals surface area contributed by atoms with Crippen molar-refractivity contribution in [3.63, 3.8) is 0 Å². The molecule has 1 aromatic heterocycles. The molecule has 0 N–H and O–H groups in total. The normalized spacial score (nSPS) is 10.8. The number of alkyl halides is 1. The van der Waals surface area contributed by atoms with Crippen LogP contribution >= 0.6 is 11.6 Å². The van der Waals surface area contributed by atoms with Crippen LogP contribution in [-0.4, -0.2) is 19.2 Å². The number of methoxy groups -OCH3 is 2. The van der Waals surface area contributed by atoms with Crippen LogP contribution in [-0.2, 0) is 5.88 Å². The van der Waals surface area contributed by atoms with Crippen LogP contribution in [0.1, 0.15) is 30.9 Å². The molecule has 0 fully saturated rings. The van der Waals surface area contributed by atoms with E-state index < -0.39 is 0 Å². The van der Waals surface area contributed by atoms with E-state index in [0.717, 1.165) is 33.9 Å². The predicted molar refractivity (Wildman–Crippen MR) is 86.4 cm³/mol. The van der Waals surface area contributed by atoms with Gasteiger partial charge in [0.2, 0.25) is 0 Å². The van der Waals surface area contributed by atoms with Gasteiger partial charge in [0.25, 0.3) is 0 Å². The fourth-order valence-electron chi connectivity index (χ4n) is 2.37. The van der Waals surface area contributed by atoms with E-state index in [1.807, 2.05) is 24.3 Å². The number of aromatic nitrogens is 1. The molecule has 21 heavy (non-hydrogen) atoms. The summed E-state index contributed by atoms with van der Waals surface area (Å²) < 4.78 is 11.1. The Bertz CT molecular complexity index is 601. The van der Waals surface area contributed by atoms with Crippen molar-refractivity contribution in [2.45, 2.75) is 25.6 Å². The number of pyridine rings is 1. The number of nitrogens with zero attached hydrogens (tertiary/aromatic N) is 1. The lowest BCUT2D eigenvalue weighted by Gasteiger charge is -2.17. The highest BCUT2D eigenvalue weighted by atomic mass is 35.5. The molecule has 1 aromatic carbocycles. The molecule has 2 rings (SSSR count). The Morgan fingerprint density at radius 3 is 2.19 bits per heavy atom. The highest BCUT2D eigenvalue weighted by Gasteiger charge is 2.16. The van der Waals surface area contributed by atoms with Gasteiger partial charge < -0.3 is 9.47 Å². The number of hydrogen-bond acceptors (Lipinski definition) is 3.